The third kappa shape index (κ3) is 3.72. The van der Waals surface area contributed by atoms with Crippen molar-refractivity contribution in [2.75, 3.05) is 24.9 Å². The van der Waals surface area contributed by atoms with Crippen molar-refractivity contribution in [1.29, 1.82) is 0 Å². The summed E-state index contributed by atoms with van der Waals surface area (Å²) in [6.07, 6.45) is 0. The number of anilines is 2. The number of hydrogen-bond acceptors (Lipinski definition) is 5. The number of nitrogens with zero attached hydrogens (tertiary/aromatic N) is 1. The van der Waals surface area contributed by atoms with Crippen LogP contribution in [0.15, 0.2) is 35.1 Å². The van der Waals surface area contributed by atoms with E-state index < -0.39 is 6.03 Å². The van der Waals surface area contributed by atoms with Gasteiger partial charge in [-0.1, -0.05) is 0 Å². The van der Waals surface area contributed by atoms with Gasteiger partial charge in [0.15, 0.2) is 5.82 Å². The molecule has 0 radical (unpaired) electrons. The van der Waals surface area contributed by atoms with E-state index in [4.69, 9.17) is 9.47 Å². The minimum atomic E-state index is -0.527. The summed E-state index contributed by atoms with van der Waals surface area (Å²) >= 11 is 0. The number of carbonyl (C=O) groups is 1. The molecule has 8 nitrogen and oxygen atoms in total. The van der Waals surface area contributed by atoms with E-state index in [1.54, 1.807) is 18.2 Å². The van der Waals surface area contributed by atoms with Gasteiger partial charge in [0.25, 0.3) is 5.56 Å². The van der Waals surface area contributed by atoms with Crippen LogP contribution in [-0.4, -0.2) is 30.4 Å². The Kier molecular flexibility index (Phi) is 4.39. The van der Waals surface area contributed by atoms with Crippen LogP contribution < -0.4 is 25.7 Å². The fraction of sp³-hybridized carbons (Fsp3) is 0.154. The van der Waals surface area contributed by atoms with Crippen molar-refractivity contribution < 1.29 is 14.3 Å². The van der Waals surface area contributed by atoms with Crippen molar-refractivity contribution in [3.05, 3.63) is 40.7 Å². The van der Waals surface area contributed by atoms with Crippen LogP contribution in [0.4, 0.5) is 16.3 Å². The third-order valence-corrected chi connectivity index (χ3v) is 2.58. The smallest absolute Gasteiger partial charge is 0.325 e. The molecule has 110 valence electrons. The molecule has 3 N–H and O–H groups in total. The van der Waals surface area contributed by atoms with Gasteiger partial charge in [-0.2, -0.15) is 5.10 Å². The Morgan fingerprint density at radius 2 is 1.95 bits per heavy atom. The van der Waals surface area contributed by atoms with Crippen molar-refractivity contribution in [2.45, 2.75) is 0 Å². The second-order valence-corrected chi connectivity index (χ2v) is 3.95. The van der Waals surface area contributed by atoms with Gasteiger partial charge in [0.05, 0.1) is 19.9 Å². The molecule has 2 amide bonds. The first kappa shape index (κ1) is 14.4. The third-order valence-electron chi connectivity index (χ3n) is 2.58. The minimum absolute atomic E-state index is 0.217. The zero-order valence-electron chi connectivity index (χ0n) is 11.5. The van der Waals surface area contributed by atoms with E-state index >= 15 is 0 Å². The lowest BCUT2D eigenvalue weighted by Gasteiger charge is -2.12. The molecule has 1 heterocycles. The highest BCUT2D eigenvalue weighted by Gasteiger charge is 2.09. The number of amides is 2. The molecule has 0 atom stereocenters. The van der Waals surface area contributed by atoms with Gasteiger partial charge in [0, 0.05) is 12.1 Å². The highest BCUT2D eigenvalue weighted by molar-refractivity contribution is 6.00. The first-order valence-electron chi connectivity index (χ1n) is 5.98. The quantitative estimate of drug-likeness (QED) is 0.790. The summed E-state index contributed by atoms with van der Waals surface area (Å²) in [6, 6.07) is 7.13. The van der Waals surface area contributed by atoms with Crippen molar-refractivity contribution in [3.63, 3.8) is 0 Å². The summed E-state index contributed by atoms with van der Waals surface area (Å²) in [4.78, 5) is 22.8. The van der Waals surface area contributed by atoms with Crippen LogP contribution in [0.25, 0.3) is 0 Å². The van der Waals surface area contributed by atoms with Crippen LogP contribution >= 0.6 is 0 Å². The lowest BCUT2D eigenvalue weighted by atomic mass is 10.2. The number of aromatic amines is 1. The summed E-state index contributed by atoms with van der Waals surface area (Å²) in [5.74, 6) is 1.28. The molecular formula is C13H14N4O4. The predicted molar refractivity (Wildman–Crippen MR) is 77.0 cm³/mol. The maximum absolute atomic E-state index is 11.9. The number of urea groups is 1. The second kappa shape index (κ2) is 6.42. The van der Waals surface area contributed by atoms with Gasteiger partial charge in [-0.05, 0) is 18.2 Å². The molecule has 0 bridgehead atoms. The molecule has 2 rings (SSSR count). The van der Waals surface area contributed by atoms with Gasteiger partial charge in [-0.15, -0.1) is 0 Å². The molecule has 0 spiro atoms. The van der Waals surface area contributed by atoms with Gasteiger partial charge in [0.1, 0.15) is 11.5 Å². The van der Waals surface area contributed by atoms with Gasteiger partial charge in [-0.25, -0.2) is 9.89 Å². The first-order chi connectivity index (χ1) is 10.1. The molecule has 2 aromatic rings. The van der Waals surface area contributed by atoms with Gasteiger partial charge in [0.2, 0.25) is 0 Å². The van der Waals surface area contributed by atoms with Gasteiger partial charge in [-0.3, -0.25) is 10.1 Å². The second-order valence-electron chi connectivity index (χ2n) is 3.95. The van der Waals surface area contributed by atoms with Gasteiger partial charge < -0.3 is 14.8 Å². The Morgan fingerprint density at radius 3 is 2.57 bits per heavy atom. The number of rotatable bonds is 4. The number of ether oxygens (including phenoxy) is 2. The SMILES string of the molecule is COc1ccc(OC)c(NC(=O)Nc2ccc(=O)[nH]n2)c1. The van der Waals surface area contributed by atoms with Crippen molar-refractivity contribution in [3.8, 4) is 11.5 Å². The Balaban J connectivity index is 2.11. The first-order valence-corrected chi connectivity index (χ1v) is 5.98. The average molecular weight is 290 g/mol. The number of methoxy groups -OCH3 is 2. The van der Waals surface area contributed by atoms with Gasteiger partial charge >= 0.3 is 6.03 Å². The molecule has 1 aromatic heterocycles. The predicted octanol–water partition coefficient (Wildman–Crippen LogP) is 1.43. The van der Waals surface area contributed by atoms with E-state index in [-0.39, 0.29) is 11.4 Å². The summed E-state index contributed by atoms with van der Waals surface area (Å²) in [6.45, 7) is 0. The summed E-state index contributed by atoms with van der Waals surface area (Å²) in [5, 5.41) is 11.0. The number of aromatic nitrogens is 2. The van der Waals surface area contributed by atoms with E-state index in [0.717, 1.165) is 0 Å². The van der Waals surface area contributed by atoms with Crippen molar-refractivity contribution >= 4 is 17.5 Å². The lowest BCUT2D eigenvalue weighted by molar-refractivity contribution is 0.262. The standard InChI is InChI=1S/C13H14N4O4/c1-20-8-3-4-10(21-2)9(7-8)14-13(19)15-11-5-6-12(18)17-16-11/h3-7H,1-2H3,(H,17,18)(H2,14,15,16,19). The lowest BCUT2D eigenvalue weighted by Crippen LogP contribution is -2.21. The average Bonchev–Trinajstić information content (AvgIpc) is 2.49. The number of nitrogens with one attached hydrogen (secondary N) is 3. The van der Waals surface area contributed by atoms with Crippen LogP contribution in [-0.2, 0) is 0 Å². The van der Waals surface area contributed by atoms with E-state index in [2.05, 4.69) is 20.8 Å². The van der Waals surface area contributed by atoms with Crippen molar-refractivity contribution in [1.82, 2.24) is 10.2 Å². The van der Waals surface area contributed by atoms with Crippen LogP contribution in [0.1, 0.15) is 0 Å². The van der Waals surface area contributed by atoms with Crippen molar-refractivity contribution in [2.24, 2.45) is 0 Å². The number of hydrogen-bond donors (Lipinski definition) is 3. The summed E-state index contributed by atoms with van der Waals surface area (Å²) < 4.78 is 10.2. The number of carbonyl (C=O) groups excluding carboxylic acids is 1. The van der Waals surface area contributed by atoms with E-state index in [9.17, 15) is 9.59 Å². The van der Waals surface area contributed by atoms with Crippen LogP contribution in [0.5, 0.6) is 11.5 Å². The molecule has 21 heavy (non-hydrogen) atoms. The summed E-state index contributed by atoms with van der Waals surface area (Å²) in [5.41, 5.74) is 0.0918. The molecule has 1 aromatic carbocycles. The fourth-order valence-electron chi connectivity index (χ4n) is 1.60. The summed E-state index contributed by atoms with van der Waals surface area (Å²) in [7, 11) is 3.02. The fourth-order valence-corrected chi connectivity index (χ4v) is 1.60. The normalized spacial score (nSPS) is 9.81. The van der Waals surface area contributed by atoms with E-state index in [1.807, 2.05) is 0 Å². The molecule has 0 saturated heterocycles. The Hall–Kier alpha value is -3.03. The monoisotopic (exact) mass is 290 g/mol. The topological polar surface area (TPSA) is 105 Å². The van der Waals surface area contributed by atoms with E-state index in [1.165, 1.54) is 26.4 Å². The Morgan fingerprint density at radius 1 is 1.14 bits per heavy atom. The molecule has 8 heteroatoms. The van der Waals surface area contributed by atoms with Crippen LogP contribution in [0.2, 0.25) is 0 Å². The molecule has 0 unspecified atom stereocenters. The van der Waals surface area contributed by atoms with Crippen LogP contribution in [0.3, 0.4) is 0 Å². The largest absolute Gasteiger partial charge is 0.497 e. The number of benzene rings is 1. The highest BCUT2D eigenvalue weighted by atomic mass is 16.5. The Labute approximate surface area is 120 Å². The molecular weight excluding hydrogens is 276 g/mol. The maximum Gasteiger partial charge on any atom is 0.325 e. The van der Waals surface area contributed by atoms with Crippen LogP contribution in [0, 0.1) is 0 Å². The highest BCUT2D eigenvalue weighted by Crippen LogP contribution is 2.28. The Bertz CT molecular complexity index is 678. The number of H-pyrrole nitrogens is 1. The zero-order valence-corrected chi connectivity index (χ0v) is 11.5. The molecule has 0 fully saturated rings. The molecule has 0 aliphatic carbocycles. The molecule has 0 aliphatic heterocycles. The minimum Gasteiger partial charge on any atom is -0.497 e. The zero-order chi connectivity index (χ0) is 15.2. The molecule has 0 aliphatic rings. The molecule has 0 saturated carbocycles. The maximum atomic E-state index is 11.9. The van der Waals surface area contributed by atoms with E-state index in [0.29, 0.717) is 17.2 Å².